The van der Waals surface area contributed by atoms with Crippen LogP contribution in [0.1, 0.15) is 135 Å². The van der Waals surface area contributed by atoms with Gasteiger partial charge >= 0.3 is 12.1 Å². The number of hydrogen-bond acceptors (Lipinski definition) is 6. The van der Waals surface area contributed by atoms with Crippen molar-refractivity contribution in [3.05, 3.63) is 78.4 Å². The van der Waals surface area contributed by atoms with E-state index in [1.807, 2.05) is 61.5 Å². The van der Waals surface area contributed by atoms with Gasteiger partial charge in [-0.1, -0.05) is 147 Å². The zero-order valence-corrected chi connectivity index (χ0v) is 32.6. The third kappa shape index (κ3) is 9.28. The first-order valence-electron chi connectivity index (χ1n) is 20.1. The lowest BCUT2D eigenvalue weighted by molar-refractivity contribution is -0.0376. The molecule has 6 heteroatoms. The second-order valence-corrected chi connectivity index (χ2v) is 15.9. The van der Waals surface area contributed by atoms with Gasteiger partial charge in [-0.15, -0.1) is 0 Å². The molecule has 52 heavy (non-hydrogen) atoms. The fraction of sp³-hybridized carbons (Fsp3) is 0.565. The summed E-state index contributed by atoms with van der Waals surface area (Å²) in [5.41, 5.74) is 3.05. The van der Waals surface area contributed by atoms with E-state index in [2.05, 4.69) is 46.8 Å². The van der Waals surface area contributed by atoms with Gasteiger partial charge < -0.3 is 18.9 Å². The van der Waals surface area contributed by atoms with Crippen molar-refractivity contribution >= 4 is 12.1 Å². The Kier molecular flexibility index (Phi) is 14.0. The average Bonchev–Trinajstić information content (AvgIpc) is 3.60. The maximum atomic E-state index is 13.9. The van der Waals surface area contributed by atoms with E-state index in [9.17, 15) is 9.59 Å². The third-order valence-corrected chi connectivity index (χ3v) is 11.7. The molecule has 3 aromatic carbocycles. The van der Waals surface area contributed by atoms with Crippen molar-refractivity contribution in [3.63, 3.8) is 0 Å². The summed E-state index contributed by atoms with van der Waals surface area (Å²) in [6, 6.07) is 23.7. The summed E-state index contributed by atoms with van der Waals surface area (Å²) in [6.45, 7) is 14.0. The molecule has 2 saturated carbocycles. The lowest BCUT2D eigenvalue weighted by Crippen LogP contribution is -2.38. The molecule has 5 rings (SSSR count). The Morgan fingerprint density at radius 1 is 0.788 bits per heavy atom. The molecule has 0 heterocycles. The fourth-order valence-corrected chi connectivity index (χ4v) is 8.50. The van der Waals surface area contributed by atoms with Gasteiger partial charge in [0.15, 0.2) is 0 Å². The van der Waals surface area contributed by atoms with Crippen molar-refractivity contribution in [2.24, 2.45) is 17.3 Å². The highest BCUT2D eigenvalue weighted by Crippen LogP contribution is 2.71. The van der Waals surface area contributed by atoms with Crippen LogP contribution in [0.5, 0.6) is 5.75 Å². The van der Waals surface area contributed by atoms with E-state index < -0.39 is 17.7 Å². The van der Waals surface area contributed by atoms with Gasteiger partial charge in [-0.3, -0.25) is 0 Å². The van der Waals surface area contributed by atoms with E-state index in [-0.39, 0.29) is 23.2 Å². The first-order valence-corrected chi connectivity index (χ1v) is 20.1. The number of ether oxygens (including phenoxy) is 4. The Morgan fingerprint density at radius 3 is 2.08 bits per heavy atom. The lowest BCUT2D eigenvalue weighted by Gasteiger charge is -2.35. The number of carbonyl (C=O) groups excluding carboxylic acids is 2. The van der Waals surface area contributed by atoms with Crippen LogP contribution in [-0.4, -0.2) is 36.5 Å². The number of esters is 1. The number of hydrogen-bond donors (Lipinski definition) is 0. The van der Waals surface area contributed by atoms with Crippen LogP contribution < -0.4 is 4.74 Å². The molecule has 2 aliphatic rings. The predicted octanol–water partition coefficient (Wildman–Crippen LogP) is 12.6. The number of fused-ring (bicyclic) bond motifs is 1. The number of carbonyl (C=O) groups is 2. The number of benzene rings is 3. The average molecular weight is 711 g/mol. The molecule has 0 spiro atoms. The van der Waals surface area contributed by atoms with E-state index in [1.54, 1.807) is 6.07 Å². The van der Waals surface area contributed by atoms with Crippen LogP contribution in [0, 0.1) is 17.3 Å². The minimum absolute atomic E-state index is 0.102. The summed E-state index contributed by atoms with van der Waals surface area (Å²) in [4.78, 5) is 26.9. The minimum atomic E-state index is -0.975. The van der Waals surface area contributed by atoms with Crippen molar-refractivity contribution in [2.45, 2.75) is 143 Å². The van der Waals surface area contributed by atoms with Gasteiger partial charge in [0.1, 0.15) is 17.5 Å². The second-order valence-electron chi connectivity index (χ2n) is 15.9. The highest BCUT2D eigenvalue weighted by Gasteiger charge is 2.76. The van der Waals surface area contributed by atoms with Gasteiger partial charge in [0.2, 0.25) is 0 Å². The normalized spacial score (nSPS) is 22.2. The van der Waals surface area contributed by atoms with Gasteiger partial charge in [0.05, 0.1) is 11.7 Å². The quantitative estimate of drug-likeness (QED) is 0.0700. The summed E-state index contributed by atoms with van der Waals surface area (Å²) in [7, 11) is 0. The number of unbranched alkanes of at least 4 members (excludes halogenated alkanes) is 8. The molecule has 5 atom stereocenters. The van der Waals surface area contributed by atoms with Crippen molar-refractivity contribution in [3.8, 4) is 28.0 Å². The molecule has 0 amide bonds. The van der Waals surface area contributed by atoms with Gasteiger partial charge in [0, 0.05) is 29.1 Å². The topological polar surface area (TPSA) is 71.1 Å². The zero-order chi connectivity index (χ0) is 37.1. The first kappa shape index (κ1) is 39.6. The molecule has 0 aliphatic heterocycles. The summed E-state index contributed by atoms with van der Waals surface area (Å²) in [5, 5.41) is 0. The van der Waals surface area contributed by atoms with Gasteiger partial charge in [0.25, 0.3) is 0 Å². The maximum Gasteiger partial charge on any atom is 0.516 e. The molecule has 282 valence electrons. The van der Waals surface area contributed by atoms with Crippen molar-refractivity contribution < 1.29 is 28.5 Å². The van der Waals surface area contributed by atoms with Crippen molar-refractivity contribution in [2.75, 3.05) is 6.61 Å². The monoisotopic (exact) mass is 710 g/mol. The maximum absolute atomic E-state index is 13.9. The minimum Gasteiger partial charge on any atom is -0.485 e. The van der Waals surface area contributed by atoms with Crippen LogP contribution >= 0.6 is 0 Å². The molecule has 0 radical (unpaired) electrons. The molecule has 2 fully saturated rings. The molecule has 3 aromatic rings. The summed E-state index contributed by atoms with van der Waals surface area (Å²) < 4.78 is 24.9. The van der Waals surface area contributed by atoms with Crippen molar-refractivity contribution in [1.82, 2.24) is 0 Å². The van der Waals surface area contributed by atoms with Crippen molar-refractivity contribution in [1.29, 1.82) is 0 Å². The van der Waals surface area contributed by atoms with Crippen LogP contribution in [0.2, 0.25) is 0 Å². The first-order chi connectivity index (χ1) is 25.1. The predicted molar refractivity (Wildman–Crippen MR) is 210 cm³/mol. The highest BCUT2D eigenvalue weighted by molar-refractivity contribution is 6.04. The van der Waals surface area contributed by atoms with Gasteiger partial charge in [-0.25, -0.2) is 9.59 Å². The van der Waals surface area contributed by atoms with E-state index in [0.717, 1.165) is 74.7 Å². The molecule has 0 saturated heterocycles. The van der Waals surface area contributed by atoms with Crippen LogP contribution in [0.15, 0.2) is 72.8 Å². The van der Waals surface area contributed by atoms with Crippen LogP contribution in [0.4, 0.5) is 4.79 Å². The summed E-state index contributed by atoms with van der Waals surface area (Å²) in [6.07, 6.45) is 13.2. The van der Waals surface area contributed by atoms with E-state index in [4.69, 9.17) is 18.9 Å². The third-order valence-electron chi connectivity index (χ3n) is 11.7. The molecule has 5 unspecified atom stereocenters. The zero-order valence-electron chi connectivity index (χ0n) is 32.6. The van der Waals surface area contributed by atoms with E-state index in [0.29, 0.717) is 23.1 Å². The molecular weight excluding hydrogens is 648 g/mol. The van der Waals surface area contributed by atoms with Gasteiger partial charge in [-0.05, 0) is 68.2 Å². The number of rotatable bonds is 19. The summed E-state index contributed by atoms with van der Waals surface area (Å²) >= 11 is 0. The second kappa shape index (κ2) is 18.4. The molecular formula is C46H62O6. The smallest absolute Gasteiger partial charge is 0.485 e. The van der Waals surface area contributed by atoms with E-state index in [1.165, 1.54) is 32.1 Å². The SMILES string of the molecule is CCCCCCCCOC1CC2C(C)(C)C2(Oc2c(-c3ccccc3)ccc(C(=O)OC(=O)OC(C)CCCCCC)c2-c2ccccc2)CC1C. The standard InChI is InChI=1S/C46H62O6/c1-7-9-11-13-14-22-30-49-39-31-40-45(5,6)46(40,32-33(39)3)52-42-37(35-24-18-15-19-25-35)28-29-38(41(42)36-26-20-16-21-27-36)43(47)51-44(48)50-34(4)23-17-12-10-8-2/h15-16,18-21,24-29,33-34,39-40H,7-14,17,22-23,30-32H2,1-6H3. The lowest BCUT2D eigenvalue weighted by atomic mass is 9.85. The molecule has 2 aliphatic carbocycles. The fourth-order valence-electron chi connectivity index (χ4n) is 8.50. The van der Waals surface area contributed by atoms with Crippen LogP contribution in [-0.2, 0) is 14.2 Å². The molecule has 0 bridgehead atoms. The van der Waals surface area contributed by atoms with Crippen LogP contribution in [0.25, 0.3) is 22.3 Å². The Bertz CT molecular complexity index is 1580. The molecule has 0 N–H and O–H groups in total. The Balaban J connectivity index is 1.43. The molecule has 0 aromatic heterocycles. The summed E-state index contributed by atoms with van der Waals surface area (Å²) in [5.74, 6) is 0.488. The van der Waals surface area contributed by atoms with Crippen LogP contribution in [0.3, 0.4) is 0 Å². The highest BCUT2D eigenvalue weighted by atomic mass is 16.7. The Hall–Kier alpha value is -3.64. The largest absolute Gasteiger partial charge is 0.516 e. The molecule has 6 nitrogen and oxygen atoms in total. The Morgan fingerprint density at radius 2 is 1.40 bits per heavy atom. The van der Waals surface area contributed by atoms with Gasteiger partial charge in [-0.2, -0.15) is 0 Å². The van der Waals surface area contributed by atoms with E-state index >= 15 is 0 Å². The Labute approximate surface area is 313 Å².